The van der Waals surface area contributed by atoms with Crippen molar-refractivity contribution < 1.29 is 40.6 Å². The van der Waals surface area contributed by atoms with E-state index in [4.69, 9.17) is 21.3 Å². The Kier molecular flexibility index (Phi) is 11.4. The predicted octanol–water partition coefficient (Wildman–Crippen LogP) is 3.73. The van der Waals surface area contributed by atoms with Crippen molar-refractivity contribution in [3.8, 4) is 5.88 Å². The number of anilines is 2. The van der Waals surface area contributed by atoms with Gasteiger partial charge in [-0.15, -0.1) is 0 Å². The van der Waals surface area contributed by atoms with E-state index in [1.165, 1.54) is 30.3 Å². The van der Waals surface area contributed by atoms with E-state index in [9.17, 15) is 30.7 Å². The van der Waals surface area contributed by atoms with Crippen LogP contribution in [0.5, 0.6) is 5.88 Å². The van der Waals surface area contributed by atoms with Crippen LogP contribution < -0.4 is 16.2 Å². The summed E-state index contributed by atoms with van der Waals surface area (Å²) in [6.07, 6.45) is -10.5. The van der Waals surface area contributed by atoms with Crippen LogP contribution >= 0.6 is 0 Å². The first-order valence-corrected chi connectivity index (χ1v) is 7.80. The Hall–Kier alpha value is -2.83. The lowest BCUT2D eigenvalue weighted by Crippen LogP contribution is -2.13. The highest BCUT2D eigenvalue weighted by molar-refractivity contribution is 5.31. The van der Waals surface area contributed by atoms with Crippen molar-refractivity contribution in [3.63, 3.8) is 0 Å². The molecular formula is C16H19F7N4O2. The minimum Gasteiger partial charge on any atom is -0.477 e. The molecule has 29 heavy (non-hydrogen) atoms. The molecule has 0 atom stereocenters. The number of halogens is 7. The van der Waals surface area contributed by atoms with E-state index in [2.05, 4.69) is 9.97 Å². The van der Waals surface area contributed by atoms with Crippen LogP contribution in [0, 0.1) is 5.95 Å². The van der Waals surface area contributed by atoms with Gasteiger partial charge in [-0.05, 0) is 18.2 Å². The molecule has 0 aliphatic carbocycles. The first-order chi connectivity index (χ1) is 13.3. The highest BCUT2D eigenvalue weighted by Crippen LogP contribution is 2.20. The van der Waals surface area contributed by atoms with Crippen molar-refractivity contribution in [2.75, 3.05) is 24.7 Å². The summed E-state index contributed by atoms with van der Waals surface area (Å²) in [6, 6.07) is 8.83. The van der Waals surface area contributed by atoms with E-state index >= 15 is 0 Å². The van der Waals surface area contributed by atoms with Crippen molar-refractivity contribution in [2.45, 2.75) is 25.2 Å². The summed E-state index contributed by atoms with van der Waals surface area (Å²) in [5.41, 5.74) is 10.4. The van der Waals surface area contributed by atoms with E-state index in [0.29, 0.717) is 0 Å². The Morgan fingerprint density at radius 1 is 0.828 bits per heavy atom. The standard InChI is InChI=1S/C8H9F3N2O.C5H5FN2.C3H5F3O/c9-8(10,11)4-5-14-7-3-1-2-6(12)13-7;6-4-2-1-3-5(7)8-4;4-3(5,6)1-2-7/h1-3H,4-5H2,(H2,12,13);1-3H,(H2,7,8);7H,1-2H2. The summed E-state index contributed by atoms with van der Waals surface area (Å²) in [5, 5.41) is 7.68. The van der Waals surface area contributed by atoms with Crippen LogP contribution in [0.1, 0.15) is 12.8 Å². The average molecular weight is 432 g/mol. The van der Waals surface area contributed by atoms with Gasteiger partial charge in [-0.3, -0.25) is 0 Å². The number of nitrogen functional groups attached to an aromatic ring is 2. The molecule has 164 valence electrons. The van der Waals surface area contributed by atoms with Gasteiger partial charge in [0.25, 0.3) is 0 Å². The molecule has 2 heterocycles. The molecular weight excluding hydrogens is 413 g/mol. The van der Waals surface area contributed by atoms with Gasteiger partial charge in [0, 0.05) is 6.07 Å². The number of hydrogen-bond acceptors (Lipinski definition) is 6. The number of aromatic nitrogens is 2. The van der Waals surface area contributed by atoms with Gasteiger partial charge < -0.3 is 21.3 Å². The predicted molar refractivity (Wildman–Crippen MR) is 91.2 cm³/mol. The van der Waals surface area contributed by atoms with Crippen LogP contribution in [-0.4, -0.2) is 40.6 Å². The molecule has 13 heteroatoms. The molecule has 5 N–H and O–H groups in total. The van der Waals surface area contributed by atoms with Crippen molar-refractivity contribution in [1.82, 2.24) is 9.97 Å². The molecule has 0 unspecified atom stereocenters. The molecule has 0 saturated heterocycles. The fourth-order valence-corrected chi connectivity index (χ4v) is 1.33. The minimum atomic E-state index is -4.21. The van der Waals surface area contributed by atoms with Gasteiger partial charge in [-0.2, -0.15) is 35.7 Å². The van der Waals surface area contributed by atoms with Crippen molar-refractivity contribution in [1.29, 1.82) is 0 Å². The molecule has 0 aromatic carbocycles. The largest absolute Gasteiger partial charge is 0.477 e. The van der Waals surface area contributed by atoms with Crippen molar-refractivity contribution in [2.24, 2.45) is 0 Å². The van der Waals surface area contributed by atoms with E-state index in [-0.39, 0.29) is 17.5 Å². The van der Waals surface area contributed by atoms with Gasteiger partial charge >= 0.3 is 12.4 Å². The maximum Gasteiger partial charge on any atom is 0.392 e. The highest BCUT2D eigenvalue weighted by Gasteiger charge is 2.27. The summed E-state index contributed by atoms with van der Waals surface area (Å²) in [4.78, 5) is 6.97. The summed E-state index contributed by atoms with van der Waals surface area (Å²) in [7, 11) is 0. The van der Waals surface area contributed by atoms with Crippen LogP contribution in [0.15, 0.2) is 36.4 Å². The lowest BCUT2D eigenvalue weighted by atomic mass is 10.4. The third-order valence-corrected chi connectivity index (χ3v) is 2.51. The van der Waals surface area contributed by atoms with Gasteiger partial charge in [0.2, 0.25) is 11.8 Å². The lowest BCUT2D eigenvalue weighted by Gasteiger charge is -2.07. The first kappa shape index (κ1) is 26.2. The topological polar surface area (TPSA) is 107 Å². The number of rotatable bonds is 4. The molecule has 0 fully saturated rings. The lowest BCUT2D eigenvalue weighted by molar-refractivity contribution is -0.141. The smallest absolute Gasteiger partial charge is 0.392 e. The van der Waals surface area contributed by atoms with Gasteiger partial charge in [-0.1, -0.05) is 12.1 Å². The Labute approximate surface area is 161 Å². The van der Waals surface area contributed by atoms with Gasteiger partial charge in [-0.25, -0.2) is 4.98 Å². The molecule has 2 rings (SSSR count). The molecule has 2 aromatic heterocycles. The van der Waals surface area contributed by atoms with E-state index in [1.54, 1.807) is 6.07 Å². The number of alkyl halides is 6. The number of hydrogen-bond donors (Lipinski definition) is 3. The van der Waals surface area contributed by atoms with Crippen LogP contribution in [0.2, 0.25) is 0 Å². The Bertz CT molecular complexity index is 695. The number of aliphatic hydroxyl groups is 1. The third-order valence-electron chi connectivity index (χ3n) is 2.51. The fourth-order valence-electron chi connectivity index (χ4n) is 1.33. The highest BCUT2D eigenvalue weighted by atomic mass is 19.4. The second-order valence-electron chi connectivity index (χ2n) is 5.09. The van der Waals surface area contributed by atoms with Crippen LogP contribution in [0.25, 0.3) is 0 Å². The maximum absolute atomic E-state index is 12.0. The number of ether oxygens (including phenoxy) is 1. The summed E-state index contributed by atoms with van der Waals surface area (Å²) >= 11 is 0. The van der Waals surface area contributed by atoms with E-state index < -0.39 is 44.4 Å². The van der Waals surface area contributed by atoms with Crippen molar-refractivity contribution >= 4 is 11.6 Å². The Balaban J connectivity index is 0.000000444. The first-order valence-electron chi connectivity index (χ1n) is 7.80. The summed E-state index contributed by atoms with van der Waals surface area (Å²) < 4.78 is 84.6. The molecule has 6 nitrogen and oxygen atoms in total. The zero-order valence-corrected chi connectivity index (χ0v) is 14.8. The zero-order valence-electron chi connectivity index (χ0n) is 14.8. The van der Waals surface area contributed by atoms with Crippen LogP contribution in [-0.2, 0) is 0 Å². The number of aliphatic hydroxyl groups excluding tert-OH is 1. The summed E-state index contributed by atoms with van der Waals surface area (Å²) in [5.74, 6) is -0.00115. The molecule has 0 aliphatic rings. The Morgan fingerprint density at radius 3 is 1.69 bits per heavy atom. The number of nitrogens with zero attached hydrogens (tertiary/aromatic N) is 2. The molecule has 0 amide bonds. The van der Waals surface area contributed by atoms with Crippen LogP contribution in [0.3, 0.4) is 0 Å². The summed E-state index contributed by atoms with van der Waals surface area (Å²) in [6.45, 7) is -1.26. The van der Waals surface area contributed by atoms with Gasteiger partial charge in [0.1, 0.15) is 11.6 Å². The average Bonchev–Trinajstić information content (AvgIpc) is 2.53. The van der Waals surface area contributed by atoms with E-state index in [0.717, 1.165) is 0 Å². The van der Waals surface area contributed by atoms with Crippen LogP contribution in [0.4, 0.5) is 42.4 Å². The number of pyridine rings is 2. The maximum atomic E-state index is 12.0. The molecule has 2 aromatic rings. The monoisotopic (exact) mass is 432 g/mol. The quantitative estimate of drug-likeness (QED) is 0.502. The molecule has 0 radical (unpaired) electrons. The SMILES string of the molecule is Nc1cccc(F)n1.Nc1cccc(OCCC(F)(F)F)n1.OCCC(F)(F)F. The molecule has 0 aliphatic heterocycles. The fraction of sp³-hybridized carbons (Fsp3) is 0.375. The second kappa shape index (κ2) is 12.6. The van der Waals surface area contributed by atoms with E-state index in [1.807, 2.05) is 0 Å². The second-order valence-corrected chi connectivity index (χ2v) is 5.09. The van der Waals surface area contributed by atoms with Gasteiger partial charge in [0.15, 0.2) is 0 Å². The Morgan fingerprint density at radius 2 is 1.34 bits per heavy atom. The van der Waals surface area contributed by atoms with Crippen molar-refractivity contribution in [3.05, 3.63) is 42.3 Å². The molecule has 0 spiro atoms. The number of nitrogens with two attached hydrogens (primary N) is 2. The van der Waals surface area contributed by atoms with Gasteiger partial charge in [0.05, 0.1) is 26.1 Å². The zero-order chi connectivity index (χ0) is 22.5. The third kappa shape index (κ3) is 17.0. The normalized spacial score (nSPS) is 10.9. The molecule has 0 bridgehead atoms. The minimum absolute atomic E-state index is 0.106. The molecule has 0 saturated carbocycles.